The first kappa shape index (κ1) is 12.5. The molecule has 4 nitrogen and oxygen atoms in total. The minimum atomic E-state index is -0.536. The molecule has 0 aromatic rings. The Kier molecular flexibility index (Phi) is 4.71. The van der Waals surface area contributed by atoms with E-state index in [0.29, 0.717) is 6.54 Å². The minimum Gasteiger partial charge on any atom is -0.444 e. The molecule has 0 heterocycles. The Morgan fingerprint density at radius 3 is 2.57 bits per heavy atom. The van der Waals surface area contributed by atoms with Crippen molar-refractivity contribution in [2.24, 2.45) is 0 Å². The Labute approximate surface area is 84.8 Å². The van der Waals surface area contributed by atoms with Gasteiger partial charge in [0.2, 0.25) is 0 Å². The molecule has 0 fully saturated rings. The number of nitriles is 1. The van der Waals surface area contributed by atoms with Gasteiger partial charge in [-0.05, 0) is 20.8 Å². The first-order valence-corrected chi connectivity index (χ1v) is 4.36. The maximum atomic E-state index is 11.4. The molecule has 78 valence electrons. The summed E-state index contributed by atoms with van der Waals surface area (Å²) in [6, 6.07) is 1.90. The van der Waals surface area contributed by atoms with Crippen LogP contribution in [0.15, 0.2) is 12.7 Å². The number of hydrogen-bond donors (Lipinski definition) is 0. The Balaban J connectivity index is 4.30. The van der Waals surface area contributed by atoms with Gasteiger partial charge in [0.15, 0.2) is 0 Å². The maximum Gasteiger partial charge on any atom is 0.411 e. The lowest BCUT2D eigenvalue weighted by Gasteiger charge is -2.24. The van der Waals surface area contributed by atoms with Crippen LogP contribution < -0.4 is 0 Å². The first-order valence-electron chi connectivity index (χ1n) is 4.36. The second-order valence-corrected chi connectivity index (χ2v) is 3.81. The van der Waals surface area contributed by atoms with Crippen molar-refractivity contribution in [1.29, 1.82) is 5.26 Å². The second-order valence-electron chi connectivity index (χ2n) is 3.81. The van der Waals surface area contributed by atoms with Gasteiger partial charge in [-0.3, -0.25) is 4.90 Å². The molecule has 0 spiro atoms. The molecule has 4 heteroatoms. The average Bonchev–Trinajstić information content (AvgIpc) is 2.01. The van der Waals surface area contributed by atoms with Gasteiger partial charge < -0.3 is 4.74 Å². The van der Waals surface area contributed by atoms with Crippen LogP contribution in [0.3, 0.4) is 0 Å². The summed E-state index contributed by atoms with van der Waals surface area (Å²) in [4.78, 5) is 12.7. The Morgan fingerprint density at radius 1 is 1.64 bits per heavy atom. The van der Waals surface area contributed by atoms with E-state index in [9.17, 15) is 4.79 Å². The number of nitrogens with zero attached hydrogens (tertiary/aromatic N) is 2. The lowest BCUT2D eigenvalue weighted by Crippen LogP contribution is -2.37. The molecule has 0 saturated carbocycles. The quantitative estimate of drug-likeness (QED) is 0.512. The predicted octanol–water partition coefficient (Wildman–Crippen LogP) is 1.93. The van der Waals surface area contributed by atoms with E-state index < -0.39 is 11.7 Å². The molecular weight excluding hydrogens is 180 g/mol. The van der Waals surface area contributed by atoms with Crippen molar-refractivity contribution in [2.75, 3.05) is 13.1 Å². The molecule has 0 aromatic heterocycles. The third kappa shape index (κ3) is 5.20. The third-order valence-corrected chi connectivity index (χ3v) is 1.26. The van der Waals surface area contributed by atoms with Gasteiger partial charge in [0.1, 0.15) is 12.1 Å². The number of ether oxygens (including phenoxy) is 1. The van der Waals surface area contributed by atoms with E-state index in [-0.39, 0.29) is 6.54 Å². The van der Waals surface area contributed by atoms with Crippen LogP contribution in [0.5, 0.6) is 0 Å². The lowest BCUT2D eigenvalue weighted by atomic mass is 10.2. The summed E-state index contributed by atoms with van der Waals surface area (Å²) < 4.78 is 5.09. The van der Waals surface area contributed by atoms with E-state index in [4.69, 9.17) is 10.00 Å². The fourth-order valence-electron chi connectivity index (χ4n) is 0.771. The SMILES string of the molecule is C=CCN(CC#N)C(=O)OC(C)(C)C. The summed E-state index contributed by atoms with van der Waals surface area (Å²) in [5, 5.41) is 8.48. The van der Waals surface area contributed by atoms with E-state index in [1.54, 1.807) is 26.8 Å². The maximum absolute atomic E-state index is 11.4. The Bertz CT molecular complexity index is 248. The highest BCUT2D eigenvalue weighted by Gasteiger charge is 2.20. The van der Waals surface area contributed by atoms with Crippen LogP contribution in [0, 0.1) is 11.3 Å². The average molecular weight is 196 g/mol. The van der Waals surface area contributed by atoms with Crippen LogP contribution in [0.2, 0.25) is 0 Å². The van der Waals surface area contributed by atoms with E-state index in [2.05, 4.69) is 6.58 Å². The molecule has 0 N–H and O–H groups in total. The van der Waals surface area contributed by atoms with E-state index in [1.165, 1.54) is 4.90 Å². The fraction of sp³-hybridized carbons (Fsp3) is 0.600. The zero-order valence-corrected chi connectivity index (χ0v) is 8.91. The number of hydrogen-bond acceptors (Lipinski definition) is 3. The molecule has 1 amide bonds. The molecule has 0 bridgehead atoms. The molecule has 0 saturated heterocycles. The normalized spacial score (nSPS) is 10.1. The highest BCUT2D eigenvalue weighted by molar-refractivity contribution is 5.68. The van der Waals surface area contributed by atoms with Crippen molar-refractivity contribution >= 4 is 6.09 Å². The van der Waals surface area contributed by atoms with Crippen LogP contribution in [0.4, 0.5) is 4.79 Å². The van der Waals surface area contributed by atoms with Crippen molar-refractivity contribution in [3.05, 3.63) is 12.7 Å². The molecule has 0 aliphatic heterocycles. The summed E-state index contributed by atoms with van der Waals surface area (Å²) in [7, 11) is 0. The predicted molar refractivity (Wildman–Crippen MR) is 53.6 cm³/mol. The van der Waals surface area contributed by atoms with Crippen molar-refractivity contribution in [3.8, 4) is 6.07 Å². The van der Waals surface area contributed by atoms with Crippen LogP contribution in [0.25, 0.3) is 0 Å². The Morgan fingerprint density at radius 2 is 2.21 bits per heavy atom. The van der Waals surface area contributed by atoms with Crippen molar-refractivity contribution in [2.45, 2.75) is 26.4 Å². The van der Waals surface area contributed by atoms with Crippen LogP contribution in [0.1, 0.15) is 20.8 Å². The van der Waals surface area contributed by atoms with Gasteiger partial charge in [-0.15, -0.1) is 6.58 Å². The zero-order chi connectivity index (χ0) is 11.2. The fourth-order valence-corrected chi connectivity index (χ4v) is 0.771. The third-order valence-electron chi connectivity index (χ3n) is 1.26. The van der Waals surface area contributed by atoms with Crippen molar-refractivity contribution in [3.63, 3.8) is 0 Å². The monoisotopic (exact) mass is 196 g/mol. The van der Waals surface area contributed by atoms with Crippen LogP contribution in [-0.4, -0.2) is 29.7 Å². The number of carbonyl (C=O) groups is 1. The lowest BCUT2D eigenvalue weighted by molar-refractivity contribution is 0.0295. The largest absolute Gasteiger partial charge is 0.444 e. The number of amides is 1. The summed E-state index contributed by atoms with van der Waals surface area (Å²) in [5.41, 5.74) is -0.536. The van der Waals surface area contributed by atoms with Crippen molar-refractivity contribution in [1.82, 2.24) is 4.90 Å². The molecule has 0 aliphatic carbocycles. The van der Waals surface area contributed by atoms with E-state index >= 15 is 0 Å². The van der Waals surface area contributed by atoms with Gasteiger partial charge in [0.25, 0.3) is 0 Å². The molecule has 0 radical (unpaired) electrons. The smallest absolute Gasteiger partial charge is 0.411 e. The summed E-state index contributed by atoms with van der Waals surface area (Å²) in [5.74, 6) is 0. The van der Waals surface area contributed by atoms with Crippen LogP contribution in [-0.2, 0) is 4.74 Å². The highest BCUT2D eigenvalue weighted by Crippen LogP contribution is 2.09. The second kappa shape index (κ2) is 5.28. The van der Waals surface area contributed by atoms with Gasteiger partial charge in [0, 0.05) is 6.54 Å². The molecule has 0 atom stereocenters. The molecule has 0 rings (SSSR count). The first-order chi connectivity index (χ1) is 6.40. The summed E-state index contributed by atoms with van der Waals surface area (Å²) >= 11 is 0. The van der Waals surface area contributed by atoms with Gasteiger partial charge >= 0.3 is 6.09 Å². The topological polar surface area (TPSA) is 53.3 Å². The zero-order valence-electron chi connectivity index (χ0n) is 8.91. The van der Waals surface area contributed by atoms with Crippen molar-refractivity contribution < 1.29 is 9.53 Å². The van der Waals surface area contributed by atoms with Gasteiger partial charge in [-0.25, -0.2) is 4.79 Å². The molecule has 0 aromatic carbocycles. The van der Waals surface area contributed by atoms with Gasteiger partial charge in [-0.1, -0.05) is 6.08 Å². The van der Waals surface area contributed by atoms with Gasteiger partial charge in [0.05, 0.1) is 6.07 Å². The number of carbonyl (C=O) groups excluding carboxylic acids is 1. The molecule has 0 aliphatic rings. The molecule has 14 heavy (non-hydrogen) atoms. The standard InChI is InChI=1S/C10H16N2O2/c1-5-7-12(8-6-11)9(13)14-10(2,3)4/h5H,1,7-8H2,2-4H3. The van der Waals surface area contributed by atoms with E-state index in [0.717, 1.165) is 0 Å². The Hall–Kier alpha value is -1.50. The molecular formula is C10H16N2O2. The summed E-state index contributed by atoms with van der Waals surface area (Å²) in [6.07, 6.45) is 1.07. The minimum absolute atomic E-state index is 0.0148. The molecule has 0 unspecified atom stereocenters. The highest BCUT2D eigenvalue weighted by atomic mass is 16.6. The van der Waals surface area contributed by atoms with Crippen LogP contribution >= 0.6 is 0 Å². The van der Waals surface area contributed by atoms with E-state index in [1.807, 2.05) is 6.07 Å². The number of rotatable bonds is 3. The summed E-state index contributed by atoms with van der Waals surface area (Å²) in [6.45, 7) is 9.18. The van der Waals surface area contributed by atoms with Gasteiger partial charge in [-0.2, -0.15) is 5.26 Å².